The molecule has 0 aromatic heterocycles. The van der Waals surface area contributed by atoms with Crippen LogP contribution in [0, 0.1) is 17.8 Å². The van der Waals surface area contributed by atoms with Crippen LogP contribution in [-0.2, 0) is 14.4 Å². The first-order valence-corrected chi connectivity index (χ1v) is 13.7. The van der Waals surface area contributed by atoms with Gasteiger partial charge in [-0.05, 0) is 59.8 Å². The van der Waals surface area contributed by atoms with Gasteiger partial charge < -0.3 is 14.2 Å². The van der Waals surface area contributed by atoms with Gasteiger partial charge in [0.05, 0.1) is 37.2 Å². The van der Waals surface area contributed by atoms with Gasteiger partial charge in [0.2, 0.25) is 11.8 Å². The number of ether oxygens (including phenoxy) is 3. The number of hydrogen-bond acceptors (Lipinski definition) is 6. The van der Waals surface area contributed by atoms with Gasteiger partial charge in [0.1, 0.15) is 17.2 Å². The highest BCUT2D eigenvalue weighted by Gasteiger charge is 2.60. The molecule has 0 bridgehead atoms. The van der Waals surface area contributed by atoms with Crippen molar-refractivity contribution >= 4 is 39.8 Å². The average molecular weight is 546 g/mol. The molecule has 4 atom stereocenters. The maximum absolute atomic E-state index is 14.2. The molecule has 2 amide bonds. The second-order valence-corrected chi connectivity index (χ2v) is 10.5. The molecule has 4 aromatic rings. The summed E-state index contributed by atoms with van der Waals surface area (Å²) in [5.41, 5.74) is 2.80. The molecule has 0 N–H and O–H groups in total. The molecule has 41 heavy (non-hydrogen) atoms. The molecular weight excluding hydrogens is 518 g/mol. The summed E-state index contributed by atoms with van der Waals surface area (Å²) in [6.45, 7) is 2.39. The molecule has 3 aliphatic rings. The smallest absolute Gasteiger partial charge is 0.319 e. The van der Waals surface area contributed by atoms with Crippen molar-refractivity contribution in [2.75, 3.05) is 18.6 Å². The fourth-order valence-corrected chi connectivity index (χ4v) is 6.55. The van der Waals surface area contributed by atoms with E-state index in [1.54, 1.807) is 31.4 Å². The van der Waals surface area contributed by atoms with Crippen molar-refractivity contribution in [3.05, 3.63) is 102 Å². The average Bonchev–Trinajstić information content (AvgIpc) is 3.27. The van der Waals surface area contributed by atoms with Crippen molar-refractivity contribution in [1.29, 1.82) is 0 Å². The molecule has 1 saturated heterocycles. The number of imide groups is 1. The maximum Gasteiger partial charge on any atom is 0.319 e. The number of rotatable bonds is 5. The molecule has 0 saturated carbocycles. The molecule has 0 radical (unpaired) electrons. The summed E-state index contributed by atoms with van der Waals surface area (Å²) in [4.78, 5) is 43.3. The Kier molecular flexibility index (Phi) is 5.89. The Balaban J connectivity index is 1.39. The van der Waals surface area contributed by atoms with Crippen molar-refractivity contribution in [2.24, 2.45) is 17.8 Å². The van der Waals surface area contributed by atoms with Crippen LogP contribution < -0.4 is 19.1 Å². The summed E-state index contributed by atoms with van der Waals surface area (Å²) >= 11 is 0. The minimum atomic E-state index is -0.909. The van der Waals surface area contributed by atoms with Gasteiger partial charge in [-0.1, -0.05) is 54.6 Å². The summed E-state index contributed by atoms with van der Waals surface area (Å²) in [5, 5.41) is 1.78. The highest BCUT2D eigenvalue weighted by atomic mass is 16.5. The van der Waals surface area contributed by atoms with Crippen molar-refractivity contribution in [1.82, 2.24) is 0 Å². The van der Waals surface area contributed by atoms with Crippen LogP contribution in [0.5, 0.6) is 17.2 Å². The quantitative estimate of drug-likeness (QED) is 0.180. The molecular formula is C34H27NO6. The highest BCUT2D eigenvalue weighted by molar-refractivity contribution is 6.24. The van der Waals surface area contributed by atoms with Crippen LogP contribution in [-0.4, -0.2) is 31.5 Å². The van der Waals surface area contributed by atoms with E-state index in [1.807, 2.05) is 73.7 Å². The van der Waals surface area contributed by atoms with E-state index in [9.17, 15) is 14.4 Å². The third-order valence-electron chi connectivity index (χ3n) is 8.39. The van der Waals surface area contributed by atoms with Gasteiger partial charge in [-0.25, -0.2) is 4.90 Å². The van der Waals surface area contributed by atoms with Crippen LogP contribution in [0.2, 0.25) is 0 Å². The maximum atomic E-state index is 14.2. The summed E-state index contributed by atoms with van der Waals surface area (Å²) in [6, 6.07) is 26.1. The Hall–Kier alpha value is -4.91. The Bertz CT molecular complexity index is 1740. The normalized spacial score (nSPS) is 22.9. The Morgan fingerprint density at radius 3 is 2.24 bits per heavy atom. The van der Waals surface area contributed by atoms with Crippen LogP contribution in [0.15, 0.2) is 91.0 Å². The van der Waals surface area contributed by atoms with Gasteiger partial charge in [-0.15, -0.1) is 0 Å². The lowest BCUT2D eigenvalue weighted by molar-refractivity contribution is -0.142. The predicted molar refractivity (Wildman–Crippen MR) is 154 cm³/mol. The number of carbonyl (C=O) groups is 3. The van der Waals surface area contributed by atoms with E-state index in [1.165, 1.54) is 4.90 Å². The van der Waals surface area contributed by atoms with Gasteiger partial charge in [0, 0.05) is 16.9 Å². The number of fused-ring (bicyclic) bond motifs is 7. The molecule has 0 unspecified atom stereocenters. The van der Waals surface area contributed by atoms with Gasteiger partial charge in [-0.3, -0.25) is 14.4 Å². The second-order valence-electron chi connectivity index (χ2n) is 10.5. The van der Waals surface area contributed by atoms with Crippen molar-refractivity contribution in [3.63, 3.8) is 0 Å². The number of allylic oxidation sites excluding steroid dienone is 1. The van der Waals surface area contributed by atoms with Crippen LogP contribution in [0.3, 0.4) is 0 Å². The number of anilines is 1. The fraction of sp³-hybridized carbons (Fsp3) is 0.206. The summed E-state index contributed by atoms with van der Waals surface area (Å²) in [6.07, 6.45) is 1.99. The van der Waals surface area contributed by atoms with Gasteiger partial charge in [-0.2, -0.15) is 0 Å². The fourth-order valence-electron chi connectivity index (χ4n) is 6.55. The molecule has 0 spiro atoms. The number of nitrogens with zero attached hydrogens (tertiary/aromatic N) is 1. The lowest BCUT2D eigenvalue weighted by Gasteiger charge is -2.38. The van der Waals surface area contributed by atoms with E-state index < -0.39 is 35.5 Å². The molecule has 7 rings (SSSR count). The van der Waals surface area contributed by atoms with Gasteiger partial charge >= 0.3 is 5.97 Å². The molecule has 204 valence electrons. The second kappa shape index (κ2) is 9.63. The third kappa shape index (κ3) is 3.84. The van der Waals surface area contributed by atoms with E-state index in [2.05, 4.69) is 0 Å². The Morgan fingerprint density at radius 2 is 1.51 bits per heavy atom. The van der Waals surface area contributed by atoms with E-state index in [-0.39, 0.29) is 5.91 Å². The summed E-state index contributed by atoms with van der Waals surface area (Å²) in [7, 11) is 1.60. The van der Waals surface area contributed by atoms with E-state index in [4.69, 9.17) is 14.2 Å². The minimum absolute atomic E-state index is 0.336. The SMILES string of the molecule is CCOc1ccc(N2C(=O)[C@@H]3[C@@H]4C(=O)Oc5c(ccc6ccccc56)C4=C[C@H](c4ccc(OC)cc4)[C@H]3C2=O)cc1. The van der Waals surface area contributed by atoms with Crippen molar-refractivity contribution in [2.45, 2.75) is 12.8 Å². The number of methoxy groups -OCH3 is 1. The van der Waals surface area contributed by atoms with Gasteiger partial charge in [0.15, 0.2) is 0 Å². The first kappa shape index (κ1) is 25.1. The van der Waals surface area contributed by atoms with Crippen molar-refractivity contribution in [3.8, 4) is 17.2 Å². The van der Waals surface area contributed by atoms with E-state index in [0.717, 1.165) is 27.5 Å². The molecule has 1 aliphatic carbocycles. The van der Waals surface area contributed by atoms with Crippen LogP contribution >= 0.6 is 0 Å². The van der Waals surface area contributed by atoms with Gasteiger partial charge in [0.25, 0.3) is 0 Å². The Labute approximate surface area is 236 Å². The lowest BCUT2D eigenvalue weighted by atomic mass is 9.64. The highest BCUT2D eigenvalue weighted by Crippen LogP contribution is 2.55. The first-order valence-electron chi connectivity index (χ1n) is 13.7. The molecule has 1 fully saturated rings. The first-order chi connectivity index (χ1) is 20.0. The monoisotopic (exact) mass is 545 g/mol. The molecule has 4 aromatic carbocycles. The zero-order chi connectivity index (χ0) is 28.2. The summed E-state index contributed by atoms with van der Waals surface area (Å²) < 4.78 is 16.9. The van der Waals surface area contributed by atoms with Crippen LogP contribution in [0.1, 0.15) is 24.0 Å². The predicted octanol–water partition coefficient (Wildman–Crippen LogP) is 5.77. The molecule has 7 heteroatoms. The Morgan fingerprint density at radius 1 is 0.805 bits per heavy atom. The molecule has 7 nitrogen and oxygen atoms in total. The van der Waals surface area contributed by atoms with Crippen LogP contribution in [0.4, 0.5) is 5.69 Å². The number of carbonyl (C=O) groups excluding carboxylic acids is 3. The third-order valence-corrected chi connectivity index (χ3v) is 8.39. The molecule has 2 heterocycles. The number of benzene rings is 4. The van der Waals surface area contributed by atoms with Crippen LogP contribution in [0.25, 0.3) is 16.3 Å². The topological polar surface area (TPSA) is 82.1 Å². The summed E-state index contributed by atoms with van der Waals surface area (Å²) in [5.74, 6) is -2.45. The zero-order valence-electron chi connectivity index (χ0n) is 22.6. The lowest BCUT2D eigenvalue weighted by Crippen LogP contribution is -2.42. The zero-order valence-corrected chi connectivity index (χ0v) is 22.6. The number of hydrogen-bond donors (Lipinski definition) is 0. The van der Waals surface area contributed by atoms with Crippen molar-refractivity contribution < 1.29 is 28.6 Å². The largest absolute Gasteiger partial charge is 0.497 e. The number of esters is 1. The standard InChI is InChI=1S/C34H27NO6/c1-3-40-23-15-11-21(12-16-23)35-32(36)28-26(20-8-13-22(39-2)14-9-20)18-27-25-17-10-19-6-4-5-7-24(19)31(25)41-34(38)29(27)30(28)33(35)37/h4-18,26,28-30H,3H2,1-2H3/t26-,28-,29-,30+/m1/s1. The van der Waals surface area contributed by atoms with E-state index in [0.29, 0.717) is 29.5 Å². The molecule has 2 aliphatic heterocycles. The number of amides is 2. The minimum Gasteiger partial charge on any atom is -0.497 e. The van der Waals surface area contributed by atoms with E-state index >= 15 is 0 Å².